The van der Waals surface area contributed by atoms with Gasteiger partial charge in [-0.2, -0.15) is 0 Å². The van der Waals surface area contributed by atoms with Crippen molar-refractivity contribution in [3.8, 4) is 0 Å². The molecule has 2 spiro atoms. The summed E-state index contributed by atoms with van der Waals surface area (Å²) in [5.41, 5.74) is -0.0837. The van der Waals surface area contributed by atoms with Gasteiger partial charge in [-0.25, -0.2) is 9.59 Å². The number of piperidine rings is 2. The molecule has 4 saturated heterocycles. The number of amides is 2. The molecule has 4 rings (SSSR count). The lowest BCUT2D eigenvalue weighted by Gasteiger charge is -2.52. The molecule has 0 radical (unpaired) electrons. The lowest BCUT2D eigenvalue weighted by Crippen LogP contribution is -2.64. The summed E-state index contributed by atoms with van der Waals surface area (Å²) in [5.74, 6) is 0. The van der Waals surface area contributed by atoms with Gasteiger partial charge in [0.25, 0.3) is 0 Å². The van der Waals surface area contributed by atoms with Crippen molar-refractivity contribution >= 4 is 12.2 Å². The van der Waals surface area contributed by atoms with Gasteiger partial charge in [-0.05, 0) is 80.3 Å². The smallest absolute Gasteiger partial charge is 0.410 e. The molecule has 8 nitrogen and oxygen atoms in total. The van der Waals surface area contributed by atoms with Crippen molar-refractivity contribution < 1.29 is 19.1 Å². The van der Waals surface area contributed by atoms with Crippen LogP contribution in [-0.4, -0.2) is 85.5 Å². The maximum Gasteiger partial charge on any atom is 0.410 e. The number of hydrogen-bond donors (Lipinski definition) is 2. The molecule has 4 aliphatic heterocycles. The lowest BCUT2D eigenvalue weighted by atomic mass is 9.74. The van der Waals surface area contributed by atoms with Crippen molar-refractivity contribution in [3.05, 3.63) is 0 Å². The molecule has 0 unspecified atom stereocenters. The monoisotopic (exact) mass is 452 g/mol. The van der Waals surface area contributed by atoms with Crippen LogP contribution in [0.3, 0.4) is 0 Å². The number of carbonyl (C=O) groups is 2. The SMILES string of the molecule is CC(C)(C)OC(=O)N1CC2(CCCNC2)C1.CC(C)(C)OC(=O)N1CC2(CCCNC2)C1. The molecule has 0 aromatic rings. The van der Waals surface area contributed by atoms with Gasteiger partial charge in [-0.1, -0.05) is 0 Å². The van der Waals surface area contributed by atoms with Crippen LogP contribution in [0.1, 0.15) is 67.2 Å². The van der Waals surface area contributed by atoms with Gasteiger partial charge in [0.05, 0.1) is 0 Å². The predicted octanol–water partition coefficient (Wildman–Crippen LogP) is 3.21. The third-order valence-electron chi connectivity index (χ3n) is 6.53. The molecule has 2 N–H and O–H groups in total. The van der Waals surface area contributed by atoms with Crippen LogP contribution < -0.4 is 10.6 Å². The van der Waals surface area contributed by atoms with E-state index < -0.39 is 0 Å². The molecule has 32 heavy (non-hydrogen) atoms. The Labute approximate surface area is 193 Å². The molecule has 2 amide bonds. The number of carbonyl (C=O) groups excluding carboxylic acids is 2. The first kappa shape index (κ1) is 25.1. The zero-order valence-electron chi connectivity index (χ0n) is 21.0. The van der Waals surface area contributed by atoms with Crippen molar-refractivity contribution in [2.24, 2.45) is 10.8 Å². The minimum absolute atomic E-state index is 0.163. The third-order valence-corrected chi connectivity index (χ3v) is 6.53. The van der Waals surface area contributed by atoms with Crippen LogP contribution in [0.4, 0.5) is 9.59 Å². The standard InChI is InChI=1S/2C12H22N2O2/c2*1-11(2,3)16-10(15)14-8-12(9-14)5-4-6-13-7-12/h2*13H,4-9H2,1-3H3. The van der Waals surface area contributed by atoms with Gasteiger partial charge in [-0.15, -0.1) is 0 Å². The second kappa shape index (κ2) is 9.37. The van der Waals surface area contributed by atoms with Crippen molar-refractivity contribution in [2.75, 3.05) is 52.4 Å². The van der Waals surface area contributed by atoms with Crippen molar-refractivity contribution in [2.45, 2.75) is 78.4 Å². The van der Waals surface area contributed by atoms with Crippen LogP contribution in [0.15, 0.2) is 0 Å². The molecule has 0 aromatic carbocycles. The third kappa shape index (κ3) is 6.73. The van der Waals surface area contributed by atoms with Crippen LogP contribution in [-0.2, 0) is 9.47 Å². The van der Waals surface area contributed by atoms with E-state index in [-0.39, 0.29) is 23.4 Å². The van der Waals surface area contributed by atoms with E-state index in [4.69, 9.17) is 9.47 Å². The Balaban J connectivity index is 0.000000181. The maximum atomic E-state index is 11.8. The number of nitrogens with zero attached hydrogens (tertiary/aromatic N) is 2. The highest BCUT2D eigenvalue weighted by molar-refractivity contribution is 5.70. The zero-order chi connectivity index (χ0) is 23.6. The minimum atomic E-state index is -0.384. The fraction of sp³-hybridized carbons (Fsp3) is 0.917. The van der Waals surface area contributed by atoms with Gasteiger partial charge in [0.2, 0.25) is 0 Å². The highest BCUT2D eigenvalue weighted by atomic mass is 16.6. The molecule has 4 heterocycles. The normalized spacial score (nSPS) is 24.1. The van der Waals surface area contributed by atoms with Gasteiger partial charge in [0.1, 0.15) is 11.2 Å². The molecule has 0 saturated carbocycles. The Hall–Kier alpha value is -1.54. The molecule has 4 aliphatic rings. The number of rotatable bonds is 0. The average molecular weight is 453 g/mol. The van der Waals surface area contributed by atoms with E-state index in [1.54, 1.807) is 0 Å². The summed E-state index contributed by atoms with van der Waals surface area (Å²) in [6.07, 6.45) is 4.59. The van der Waals surface area contributed by atoms with Gasteiger partial charge >= 0.3 is 12.2 Å². The molecule has 4 fully saturated rings. The van der Waals surface area contributed by atoms with Crippen molar-refractivity contribution in [3.63, 3.8) is 0 Å². The van der Waals surface area contributed by atoms with E-state index in [9.17, 15) is 9.59 Å². The summed E-state index contributed by atoms with van der Waals surface area (Å²) >= 11 is 0. The molecule has 184 valence electrons. The van der Waals surface area contributed by atoms with E-state index in [0.29, 0.717) is 10.8 Å². The molecule has 0 atom stereocenters. The lowest BCUT2D eigenvalue weighted by molar-refractivity contribution is -0.0430. The minimum Gasteiger partial charge on any atom is -0.444 e. The van der Waals surface area contributed by atoms with Crippen LogP contribution in [0.5, 0.6) is 0 Å². The highest BCUT2D eigenvalue weighted by Crippen LogP contribution is 2.38. The number of likely N-dealkylation sites (tertiary alicyclic amines) is 2. The number of hydrogen-bond acceptors (Lipinski definition) is 6. The first-order chi connectivity index (χ1) is 14.8. The quantitative estimate of drug-likeness (QED) is 0.587. The first-order valence-corrected chi connectivity index (χ1v) is 12.2. The average Bonchev–Trinajstić information content (AvgIpc) is 2.63. The fourth-order valence-electron chi connectivity index (χ4n) is 5.04. The second-order valence-electron chi connectivity index (χ2n) is 12.2. The highest BCUT2D eigenvalue weighted by Gasteiger charge is 2.47. The largest absolute Gasteiger partial charge is 0.444 e. The van der Waals surface area contributed by atoms with Crippen LogP contribution >= 0.6 is 0 Å². The maximum absolute atomic E-state index is 11.8. The van der Waals surface area contributed by atoms with Gasteiger partial charge in [-0.3, -0.25) is 0 Å². The van der Waals surface area contributed by atoms with Gasteiger partial charge in [0.15, 0.2) is 0 Å². The summed E-state index contributed by atoms with van der Waals surface area (Å²) < 4.78 is 10.7. The zero-order valence-corrected chi connectivity index (χ0v) is 21.0. The molecule has 8 heteroatoms. The summed E-state index contributed by atoms with van der Waals surface area (Å²) in [4.78, 5) is 27.1. The van der Waals surface area contributed by atoms with Crippen molar-refractivity contribution in [1.82, 2.24) is 20.4 Å². The van der Waals surface area contributed by atoms with Gasteiger partial charge in [0, 0.05) is 50.1 Å². The summed E-state index contributed by atoms with van der Waals surface area (Å²) in [7, 11) is 0. The van der Waals surface area contributed by atoms with Crippen LogP contribution in [0.2, 0.25) is 0 Å². The molecule has 0 aromatic heterocycles. The van der Waals surface area contributed by atoms with E-state index >= 15 is 0 Å². The molecule has 0 aliphatic carbocycles. The van der Waals surface area contributed by atoms with Crippen LogP contribution in [0.25, 0.3) is 0 Å². The molecular formula is C24H44N4O4. The van der Waals surface area contributed by atoms with Crippen LogP contribution in [0, 0.1) is 10.8 Å². The summed E-state index contributed by atoms with van der Waals surface area (Å²) in [5, 5.41) is 6.81. The topological polar surface area (TPSA) is 83.1 Å². The fourth-order valence-corrected chi connectivity index (χ4v) is 5.04. The number of ether oxygens (including phenoxy) is 2. The Morgan fingerprint density at radius 3 is 1.28 bits per heavy atom. The van der Waals surface area contributed by atoms with Gasteiger partial charge < -0.3 is 29.9 Å². The Bertz CT molecular complexity index is 596. The number of nitrogens with one attached hydrogen (secondary N) is 2. The summed E-state index contributed by atoms with van der Waals surface area (Å²) in [6, 6.07) is 0. The van der Waals surface area contributed by atoms with E-state index in [2.05, 4.69) is 10.6 Å². The molecular weight excluding hydrogens is 408 g/mol. The van der Waals surface area contributed by atoms with E-state index in [1.165, 1.54) is 25.7 Å². The molecule has 0 bridgehead atoms. The Morgan fingerprint density at radius 2 is 1.03 bits per heavy atom. The second-order valence-corrected chi connectivity index (χ2v) is 12.2. The van der Waals surface area contributed by atoms with E-state index in [1.807, 2.05) is 51.3 Å². The van der Waals surface area contributed by atoms with E-state index in [0.717, 1.165) is 52.4 Å². The predicted molar refractivity (Wildman–Crippen MR) is 125 cm³/mol. The summed E-state index contributed by atoms with van der Waals surface area (Å²) in [6.45, 7) is 19.2. The Kier molecular flexibility index (Phi) is 7.35. The van der Waals surface area contributed by atoms with Crippen molar-refractivity contribution in [1.29, 1.82) is 0 Å². The Morgan fingerprint density at radius 1 is 0.688 bits per heavy atom. The first-order valence-electron chi connectivity index (χ1n) is 12.2.